The Kier molecular flexibility index (Phi) is 4.48. The Bertz CT molecular complexity index is 220. The zero-order chi connectivity index (χ0) is 10.6. The number of esters is 1. The van der Waals surface area contributed by atoms with Crippen LogP contribution in [0, 0.1) is 0 Å². The number of hydrogen-bond donors (Lipinski definition) is 0. The maximum absolute atomic E-state index is 11.4. The van der Waals surface area contributed by atoms with Gasteiger partial charge in [-0.2, -0.15) is 11.8 Å². The van der Waals surface area contributed by atoms with Gasteiger partial charge in [0, 0.05) is 17.5 Å². The Morgan fingerprint density at radius 1 is 1.79 bits per heavy atom. The first-order chi connectivity index (χ1) is 6.69. The highest BCUT2D eigenvalue weighted by Gasteiger charge is 2.34. The van der Waals surface area contributed by atoms with Gasteiger partial charge in [0.15, 0.2) is 0 Å². The summed E-state index contributed by atoms with van der Waals surface area (Å²) in [5.74, 6) is 0.834. The minimum Gasteiger partial charge on any atom is -0.468 e. The van der Waals surface area contributed by atoms with Crippen LogP contribution in [0.5, 0.6) is 0 Å². The van der Waals surface area contributed by atoms with Gasteiger partial charge < -0.3 is 4.74 Å². The Balaban J connectivity index is 2.42. The van der Waals surface area contributed by atoms with E-state index in [2.05, 4.69) is 11.5 Å². The number of likely N-dealkylation sites (N-methyl/N-ethyl adjacent to an activating group) is 1. The average molecular weight is 215 g/mol. The second kappa shape index (κ2) is 5.41. The third kappa shape index (κ3) is 2.75. The molecule has 3 nitrogen and oxygen atoms in total. The van der Waals surface area contributed by atoms with Crippen LogP contribution in [0.25, 0.3) is 0 Å². The van der Waals surface area contributed by atoms with Gasteiger partial charge in [-0.25, -0.2) is 0 Å². The molecule has 1 saturated heterocycles. The van der Waals surface area contributed by atoms with E-state index in [1.807, 2.05) is 24.9 Å². The van der Waals surface area contributed by atoms with Crippen molar-refractivity contribution in [3.8, 4) is 0 Å². The molecule has 2 unspecified atom stereocenters. The molecule has 14 heavy (non-hydrogen) atoms. The van der Waals surface area contributed by atoms with E-state index < -0.39 is 0 Å². The standard InChI is InChI=1S/C10H17NO2S/c1-4-5-14-8-6-9(10(12)13-3)11(2)7-8/h4,8-9H,1,5-7H2,2-3H3. The predicted molar refractivity (Wildman–Crippen MR) is 59.5 cm³/mol. The molecule has 0 N–H and O–H groups in total. The van der Waals surface area contributed by atoms with Gasteiger partial charge in [0.25, 0.3) is 0 Å². The molecule has 1 fully saturated rings. The number of likely N-dealkylation sites (tertiary alicyclic amines) is 1. The molecule has 0 amide bonds. The maximum atomic E-state index is 11.4. The van der Waals surface area contributed by atoms with Crippen molar-refractivity contribution in [1.29, 1.82) is 0 Å². The molecular weight excluding hydrogens is 198 g/mol. The summed E-state index contributed by atoms with van der Waals surface area (Å²) < 4.78 is 4.75. The molecule has 1 heterocycles. The Morgan fingerprint density at radius 3 is 3.07 bits per heavy atom. The van der Waals surface area contributed by atoms with E-state index in [1.165, 1.54) is 7.11 Å². The van der Waals surface area contributed by atoms with Crippen molar-refractivity contribution in [3.63, 3.8) is 0 Å². The molecule has 0 spiro atoms. The van der Waals surface area contributed by atoms with Gasteiger partial charge in [0.2, 0.25) is 0 Å². The molecule has 0 bridgehead atoms. The van der Waals surface area contributed by atoms with Crippen LogP contribution in [0.1, 0.15) is 6.42 Å². The number of carbonyl (C=O) groups is 1. The molecule has 0 aromatic carbocycles. The fraction of sp³-hybridized carbons (Fsp3) is 0.700. The highest BCUT2D eigenvalue weighted by molar-refractivity contribution is 8.00. The largest absolute Gasteiger partial charge is 0.468 e. The number of nitrogens with zero attached hydrogens (tertiary/aromatic N) is 1. The lowest BCUT2D eigenvalue weighted by Crippen LogP contribution is -2.33. The van der Waals surface area contributed by atoms with Crippen LogP contribution in [-0.4, -0.2) is 48.6 Å². The van der Waals surface area contributed by atoms with Gasteiger partial charge in [0.1, 0.15) is 6.04 Å². The lowest BCUT2D eigenvalue weighted by Gasteiger charge is -2.15. The Labute approximate surface area is 89.5 Å². The molecule has 2 atom stereocenters. The molecule has 0 aromatic rings. The number of carbonyl (C=O) groups excluding carboxylic acids is 1. The van der Waals surface area contributed by atoms with Crippen molar-refractivity contribution < 1.29 is 9.53 Å². The van der Waals surface area contributed by atoms with Crippen LogP contribution in [0.2, 0.25) is 0 Å². The summed E-state index contributed by atoms with van der Waals surface area (Å²) in [6.45, 7) is 4.64. The maximum Gasteiger partial charge on any atom is 0.323 e. The highest BCUT2D eigenvalue weighted by atomic mass is 32.2. The minimum absolute atomic E-state index is 0.0534. The van der Waals surface area contributed by atoms with E-state index in [0.29, 0.717) is 5.25 Å². The summed E-state index contributed by atoms with van der Waals surface area (Å²) in [5, 5.41) is 0.530. The van der Waals surface area contributed by atoms with Crippen LogP contribution >= 0.6 is 11.8 Å². The number of thioether (sulfide) groups is 1. The minimum atomic E-state index is -0.116. The monoisotopic (exact) mass is 215 g/mol. The highest BCUT2D eigenvalue weighted by Crippen LogP contribution is 2.26. The lowest BCUT2D eigenvalue weighted by atomic mass is 10.2. The van der Waals surface area contributed by atoms with Crippen molar-refractivity contribution in [1.82, 2.24) is 4.90 Å². The van der Waals surface area contributed by atoms with Crippen molar-refractivity contribution in [2.45, 2.75) is 17.7 Å². The van der Waals surface area contributed by atoms with Crippen molar-refractivity contribution in [2.75, 3.05) is 26.5 Å². The molecule has 0 aromatic heterocycles. The summed E-state index contributed by atoms with van der Waals surface area (Å²) in [6, 6.07) is -0.0534. The van der Waals surface area contributed by atoms with E-state index >= 15 is 0 Å². The summed E-state index contributed by atoms with van der Waals surface area (Å²) in [6.07, 6.45) is 2.79. The zero-order valence-corrected chi connectivity index (χ0v) is 9.55. The molecule has 0 saturated carbocycles. The molecule has 0 radical (unpaired) electrons. The lowest BCUT2D eigenvalue weighted by molar-refractivity contribution is -0.145. The third-order valence-corrected chi connectivity index (χ3v) is 3.67. The third-order valence-electron chi connectivity index (χ3n) is 2.43. The predicted octanol–water partition coefficient (Wildman–Crippen LogP) is 1.15. The second-order valence-corrected chi connectivity index (χ2v) is 4.79. The van der Waals surface area contributed by atoms with Crippen LogP contribution in [0.4, 0.5) is 0 Å². The van der Waals surface area contributed by atoms with E-state index in [4.69, 9.17) is 4.74 Å². The Morgan fingerprint density at radius 2 is 2.50 bits per heavy atom. The van der Waals surface area contributed by atoms with Crippen LogP contribution in [0.15, 0.2) is 12.7 Å². The topological polar surface area (TPSA) is 29.5 Å². The number of ether oxygens (including phenoxy) is 1. The van der Waals surface area contributed by atoms with E-state index in [0.717, 1.165) is 18.7 Å². The molecule has 1 rings (SSSR count). The van der Waals surface area contributed by atoms with E-state index in [9.17, 15) is 4.79 Å². The van der Waals surface area contributed by atoms with Crippen molar-refractivity contribution >= 4 is 17.7 Å². The van der Waals surface area contributed by atoms with Gasteiger partial charge >= 0.3 is 5.97 Å². The number of methoxy groups -OCH3 is 1. The summed E-state index contributed by atoms with van der Waals surface area (Å²) in [4.78, 5) is 13.4. The molecule has 1 aliphatic rings. The van der Waals surface area contributed by atoms with Gasteiger partial charge in [0.05, 0.1) is 7.11 Å². The first kappa shape index (κ1) is 11.6. The van der Waals surface area contributed by atoms with Crippen LogP contribution < -0.4 is 0 Å². The normalized spacial score (nSPS) is 27.6. The summed E-state index contributed by atoms with van der Waals surface area (Å²) in [7, 11) is 3.41. The first-order valence-corrected chi connectivity index (χ1v) is 5.74. The van der Waals surface area contributed by atoms with E-state index in [1.54, 1.807) is 0 Å². The average Bonchev–Trinajstić information content (AvgIpc) is 2.55. The quantitative estimate of drug-likeness (QED) is 0.520. The first-order valence-electron chi connectivity index (χ1n) is 4.69. The molecule has 4 heteroatoms. The molecule has 1 aliphatic heterocycles. The fourth-order valence-corrected chi connectivity index (χ4v) is 2.76. The molecule has 0 aliphatic carbocycles. The number of rotatable bonds is 4. The SMILES string of the molecule is C=CCSC1CC(C(=O)OC)N(C)C1. The number of hydrogen-bond acceptors (Lipinski definition) is 4. The van der Waals surface area contributed by atoms with Crippen molar-refractivity contribution in [3.05, 3.63) is 12.7 Å². The van der Waals surface area contributed by atoms with E-state index in [-0.39, 0.29) is 12.0 Å². The van der Waals surface area contributed by atoms with Gasteiger partial charge in [-0.15, -0.1) is 6.58 Å². The Hall–Kier alpha value is -0.480. The molecular formula is C10H17NO2S. The smallest absolute Gasteiger partial charge is 0.323 e. The summed E-state index contributed by atoms with van der Waals surface area (Å²) >= 11 is 1.85. The van der Waals surface area contributed by atoms with Gasteiger partial charge in [-0.1, -0.05) is 6.08 Å². The van der Waals surface area contributed by atoms with Gasteiger partial charge in [-0.05, 0) is 13.5 Å². The van der Waals surface area contributed by atoms with Crippen LogP contribution in [-0.2, 0) is 9.53 Å². The van der Waals surface area contributed by atoms with Crippen molar-refractivity contribution in [2.24, 2.45) is 0 Å². The van der Waals surface area contributed by atoms with Gasteiger partial charge in [-0.3, -0.25) is 9.69 Å². The summed E-state index contributed by atoms with van der Waals surface area (Å²) in [5.41, 5.74) is 0. The van der Waals surface area contributed by atoms with Crippen LogP contribution in [0.3, 0.4) is 0 Å². The molecule has 80 valence electrons. The second-order valence-electron chi connectivity index (χ2n) is 3.46. The fourth-order valence-electron chi connectivity index (χ4n) is 1.69. The zero-order valence-electron chi connectivity index (χ0n) is 8.73.